The number of fused-ring (bicyclic) bond motifs is 3. The molecule has 156 valence electrons. The minimum Gasteiger partial charge on any atom is -0.507 e. The van der Waals surface area contributed by atoms with E-state index in [-0.39, 0.29) is 23.3 Å². The van der Waals surface area contributed by atoms with Crippen LogP contribution < -0.4 is 10.2 Å². The molecule has 2 atom stereocenters. The van der Waals surface area contributed by atoms with Crippen molar-refractivity contribution in [2.45, 2.75) is 38.4 Å². The van der Waals surface area contributed by atoms with Gasteiger partial charge in [-0.15, -0.1) is 0 Å². The van der Waals surface area contributed by atoms with Gasteiger partial charge < -0.3 is 24.1 Å². The molecule has 2 heterocycles. The van der Waals surface area contributed by atoms with Gasteiger partial charge in [-0.2, -0.15) is 0 Å². The Hall–Kier alpha value is -3.32. The highest BCUT2D eigenvalue weighted by Crippen LogP contribution is 2.46. The number of rotatable bonds is 4. The number of hydrogen-bond acceptors (Lipinski definition) is 7. The third-order valence-corrected chi connectivity index (χ3v) is 5.18. The lowest BCUT2D eigenvalue weighted by atomic mass is 9.85. The maximum atomic E-state index is 12.8. The van der Waals surface area contributed by atoms with E-state index < -0.39 is 29.0 Å². The Morgan fingerprint density at radius 1 is 1.23 bits per heavy atom. The number of phenolic OH excluding ortho intramolecular Hbond substituents is 1. The Kier molecular flexibility index (Phi) is 4.78. The number of carbonyl (C=O) groups excluding carboxylic acids is 1. The average molecular weight is 410 g/mol. The maximum absolute atomic E-state index is 12.8. The lowest BCUT2D eigenvalue weighted by Gasteiger charge is -2.32. The molecule has 7 heteroatoms. The van der Waals surface area contributed by atoms with Crippen LogP contribution in [0.2, 0.25) is 0 Å². The summed E-state index contributed by atoms with van der Waals surface area (Å²) in [7, 11) is 0. The van der Waals surface area contributed by atoms with E-state index in [9.17, 15) is 19.8 Å². The highest BCUT2D eigenvalue weighted by atomic mass is 16.6. The summed E-state index contributed by atoms with van der Waals surface area (Å²) < 4.78 is 17.2. The third kappa shape index (κ3) is 3.41. The summed E-state index contributed by atoms with van der Waals surface area (Å²) in [4.78, 5) is 24.5. The zero-order valence-electron chi connectivity index (χ0n) is 16.8. The molecule has 7 nitrogen and oxygen atoms in total. The maximum Gasteiger partial charge on any atom is 0.303 e. The van der Waals surface area contributed by atoms with Crippen LogP contribution in [0.3, 0.4) is 0 Å². The Morgan fingerprint density at radius 2 is 1.93 bits per heavy atom. The first-order chi connectivity index (χ1) is 14.2. The van der Waals surface area contributed by atoms with Crippen molar-refractivity contribution in [2.75, 3.05) is 6.61 Å². The standard InChI is InChI=1S/C23H22O7/c1-12(24)29-22(23(2,3)27)14-11-28-18-10-16(26)20-15(25)9-17(30-21(20)19(14)18)13-7-5-4-6-8-13/h4-10,14,22,26-27H,11H2,1-3H3/t14-,22-/m1/s1. The van der Waals surface area contributed by atoms with Crippen LogP contribution in [-0.2, 0) is 9.53 Å². The first kappa shape index (κ1) is 20.0. The third-order valence-electron chi connectivity index (χ3n) is 5.18. The van der Waals surface area contributed by atoms with Gasteiger partial charge in [0.1, 0.15) is 34.3 Å². The van der Waals surface area contributed by atoms with Crippen molar-refractivity contribution in [1.29, 1.82) is 0 Å². The Bertz CT molecular complexity index is 1170. The van der Waals surface area contributed by atoms with Crippen LogP contribution in [-0.4, -0.2) is 34.5 Å². The fourth-order valence-electron chi connectivity index (χ4n) is 3.93. The van der Waals surface area contributed by atoms with Crippen molar-refractivity contribution in [3.8, 4) is 22.8 Å². The van der Waals surface area contributed by atoms with E-state index in [0.717, 1.165) is 0 Å². The smallest absolute Gasteiger partial charge is 0.303 e. The molecule has 0 amide bonds. The average Bonchev–Trinajstić information content (AvgIpc) is 3.08. The van der Waals surface area contributed by atoms with Crippen molar-refractivity contribution in [2.24, 2.45) is 0 Å². The first-order valence-corrected chi connectivity index (χ1v) is 9.58. The van der Waals surface area contributed by atoms with Gasteiger partial charge in [-0.25, -0.2) is 0 Å². The Labute approximate surface area is 172 Å². The minimum atomic E-state index is -1.39. The van der Waals surface area contributed by atoms with Crippen LogP contribution in [0.15, 0.2) is 51.7 Å². The summed E-state index contributed by atoms with van der Waals surface area (Å²) in [6.45, 7) is 4.42. The molecule has 0 radical (unpaired) electrons. The van der Waals surface area contributed by atoms with Crippen LogP contribution in [0.5, 0.6) is 11.5 Å². The van der Waals surface area contributed by atoms with E-state index in [4.69, 9.17) is 13.9 Å². The summed E-state index contributed by atoms with van der Waals surface area (Å²) >= 11 is 0. The van der Waals surface area contributed by atoms with Crippen LogP contribution in [0.1, 0.15) is 32.3 Å². The topological polar surface area (TPSA) is 106 Å². The van der Waals surface area contributed by atoms with Gasteiger partial charge in [0.05, 0.1) is 18.1 Å². The number of esters is 1. The van der Waals surface area contributed by atoms with Crippen LogP contribution >= 0.6 is 0 Å². The van der Waals surface area contributed by atoms with Gasteiger partial charge in [0.25, 0.3) is 0 Å². The van der Waals surface area contributed by atoms with Crippen molar-refractivity contribution >= 4 is 16.9 Å². The zero-order chi connectivity index (χ0) is 21.6. The van der Waals surface area contributed by atoms with E-state index in [2.05, 4.69) is 0 Å². The minimum absolute atomic E-state index is 0.0150. The Balaban J connectivity index is 1.98. The molecule has 3 aromatic rings. The van der Waals surface area contributed by atoms with Crippen LogP contribution in [0.4, 0.5) is 0 Å². The summed E-state index contributed by atoms with van der Waals surface area (Å²) in [5.74, 6) is -0.755. The molecule has 2 aromatic carbocycles. The number of aliphatic hydroxyl groups is 1. The molecule has 1 aromatic heterocycles. The summed E-state index contributed by atoms with van der Waals surface area (Å²) in [5, 5.41) is 21.1. The summed E-state index contributed by atoms with van der Waals surface area (Å²) in [6.07, 6.45) is -0.949. The van der Waals surface area contributed by atoms with Crippen LogP contribution in [0.25, 0.3) is 22.3 Å². The van der Waals surface area contributed by atoms with Gasteiger partial charge in [0.2, 0.25) is 0 Å². The highest BCUT2D eigenvalue weighted by Gasteiger charge is 2.44. The van der Waals surface area contributed by atoms with Gasteiger partial charge >= 0.3 is 5.97 Å². The number of carbonyl (C=O) groups is 1. The van der Waals surface area contributed by atoms with Crippen LogP contribution in [0, 0.1) is 0 Å². The molecule has 4 rings (SSSR count). The lowest BCUT2D eigenvalue weighted by molar-refractivity contribution is -0.162. The number of ether oxygens (including phenoxy) is 2. The van der Waals surface area contributed by atoms with E-state index in [0.29, 0.717) is 22.6 Å². The zero-order valence-corrected chi connectivity index (χ0v) is 16.8. The molecule has 0 fully saturated rings. The predicted octanol–water partition coefficient (Wildman–Crippen LogP) is 3.34. The van der Waals surface area contributed by atoms with Gasteiger partial charge in [-0.1, -0.05) is 30.3 Å². The first-order valence-electron chi connectivity index (χ1n) is 9.58. The SMILES string of the molecule is CC(=O)O[C@H]([C@@H]1COc2cc(O)c3c(=O)cc(-c4ccccc4)oc3c21)C(C)(C)O. The second-order valence-electron chi connectivity index (χ2n) is 7.95. The molecular weight excluding hydrogens is 388 g/mol. The number of hydrogen-bond donors (Lipinski definition) is 2. The quantitative estimate of drug-likeness (QED) is 0.635. The van der Waals surface area contributed by atoms with Gasteiger partial charge in [0.15, 0.2) is 5.43 Å². The fourth-order valence-corrected chi connectivity index (χ4v) is 3.93. The van der Waals surface area contributed by atoms with Crippen molar-refractivity contribution in [1.82, 2.24) is 0 Å². The predicted molar refractivity (Wildman–Crippen MR) is 110 cm³/mol. The molecular formula is C23H22O7. The molecule has 0 aliphatic carbocycles. The highest BCUT2D eigenvalue weighted by molar-refractivity contribution is 5.90. The molecule has 2 N–H and O–H groups in total. The molecule has 0 unspecified atom stereocenters. The second-order valence-corrected chi connectivity index (χ2v) is 7.95. The van der Waals surface area contributed by atoms with Gasteiger partial charge in [-0.05, 0) is 13.8 Å². The monoisotopic (exact) mass is 410 g/mol. The number of benzene rings is 2. The van der Waals surface area contributed by atoms with Crippen molar-refractivity contribution in [3.05, 3.63) is 58.3 Å². The normalized spacial score (nSPS) is 16.7. The largest absolute Gasteiger partial charge is 0.507 e. The van der Waals surface area contributed by atoms with Gasteiger partial charge in [0, 0.05) is 30.2 Å². The molecule has 0 bridgehead atoms. The van der Waals surface area contributed by atoms with E-state index in [1.807, 2.05) is 18.2 Å². The van der Waals surface area contributed by atoms with E-state index >= 15 is 0 Å². The molecule has 1 aliphatic heterocycles. The molecule has 1 aliphatic rings. The number of phenols is 1. The molecule has 0 saturated carbocycles. The Morgan fingerprint density at radius 3 is 2.57 bits per heavy atom. The second kappa shape index (κ2) is 7.18. The summed E-state index contributed by atoms with van der Waals surface area (Å²) in [6, 6.07) is 11.8. The van der Waals surface area contributed by atoms with Gasteiger partial charge in [-0.3, -0.25) is 9.59 Å². The van der Waals surface area contributed by atoms with Crippen molar-refractivity contribution < 1.29 is 28.9 Å². The molecule has 30 heavy (non-hydrogen) atoms. The van der Waals surface area contributed by atoms with E-state index in [1.165, 1.54) is 32.9 Å². The molecule has 0 spiro atoms. The van der Waals surface area contributed by atoms with Crippen molar-refractivity contribution in [3.63, 3.8) is 0 Å². The van der Waals surface area contributed by atoms with E-state index in [1.54, 1.807) is 12.1 Å². The number of aromatic hydroxyl groups is 1. The molecule has 0 saturated heterocycles. The fraction of sp³-hybridized carbons (Fsp3) is 0.304. The lowest BCUT2D eigenvalue weighted by Crippen LogP contribution is -2.44. The summed E-state index contributed by atoms with van der Waals surface area (Å²) in [5.41, 5.74) is -0.467.